The molecule has 5 nitrogen and oxygen atoms in total. The van der Waals surface area contributed by atoms with Gasteiger partial charge in [0.25, 0.3) is 5.91 Å². The Bertz CT molecular complexity index is 589. The molecule has 2 aromatic heterocycles. The van der Waals surface area contributed by atoms with Crippen molar-refractivity contribution in [3.05, 3.63) is 39.4 Å². The Morgan fingerprint density at radius 3 is 2.95 bits per heavy atom. The minimum atomic E-state index is -0.245. The molecule has 0 saturated carbocycles. The van der Waals surface area contributed by atoms with Gasteiger partial charge in [0.2, 0.25) is 5.88 Å². The van der Waals surface area contributed by atoms with E-state index in [2.05, 4.69) is 15.3 Å². The van der Waals surface area contributed by atoms with Crippen LogP contribution in [0.3, 0.4) is 0 Å². The van der Waals surface area contributed by atoms with Crippen LogP contribution in [0.1, 0.15) is 35.3 Å². The van der Waals surface area contributed by atoms with Crippen LogP contribution in [0.5, 0.6) is 5.88 Å². The van der Waals surface area contributed by atoms with Crippen LogP contribution in [0.4, 0.5) is 0 Å². The number of amides is 1. The highest BCUT2D eigenvalue weighted by Crippen LogP contribution is 2.23. The molecule has 1 N–H and O–H groups in total. The molecule has 0 unspecified atom stereocenters. The fraction of sp³-hybridized carbons (Fsp3) is 0.308. The largest absolute Gasteiger partial charge is 0.477 e. The second-order valence-electron chi connectivity index (χ2n) is 4.01. The van der Waals surface area contributed by atoms with E-state index < -0.39 is 0 Å². The number of nitrogens with one attached hydrogen (secondary N) is 1. The zero-order valence-corrected chi connectivity index (χ0v) is 12.7. The fourth-order valence-corrected chi connectivity index (χ4v) is 2.45. The van der Waals surface area contributed by atoms with Gasteiger partial charge in [0, 0.05) is 17.8 Å². The maximum Gasteiger partial charge on any atom is 0.253 e. The number of aromatic nitrogens is 2. The van der Waals surface area contributed by atoms with E-state index in [0.717, 1.165) is 5.01 Å². The molecule has 2 heterocycles. The molecule has 0 spiro atoms. The van der Waals surface area contributed by atoms with Crippen LogP contribution in [0.15, 0.2) is 23.8 Å². The average molecular weight is 312 g/mol. The fourth-order valence-electron chi connectivity index (χ4n) is 1.58. The third-order valence-electron chi connectivity index (χ3n) is 2.52. The Kier molecular flexibility index (Phi) is 4.92. The summed E-state index contributed by atoms with van der Waals surface area (Å²) in [6.45, 7) is 4.19. The summed E-state index contributed by atoms with van der Waals surface area (Å²) in [5.74, 6) is 0.0869. The Morgan fingerprint density at radius 2 is 2.35 bits per heavy atom. The molecule has 0 fully saturated rings. The van der Waals surface area contributed by atoms with E-state index in [9.17, 15) is 4.79 Å². The van der Waals surface area contributed by atoms with Gasteiger partial charge in [0.1, 0.15) is 10.0 Å². The maximum atomic E-state index is 12.1. The Hall–Kier alpha value is -1.66. The Labute approximate surface area is 126 Å². The van der Waals surface area contributed by atoms with Crippen molar-refractivity contribution in [2.45, 2.75) is 19.9 Å². The SMILES string of the molecule is CCOc1ncc(C(=O)N[C@H](C)c2nccs2)cc1Cl. The number of hydrogen-bond acceptors (Lipinski definition) is 5. The first-order chi connectivity index (χ1) is 9.61. The molecule has 1 amide bonds. The highest BCUT2D eigenvalue weighted by molar-refractivity contribution is 7.09. The molecule has 0 radical (unpaired) electrons. The molecule has 20 heavy (non-hydrogen) atoms. The van der Waals surface area contributed by atoms with Gasteiger partial charge in [-0.05, 0) is 19.9 Å². The lowest BCUT2D eigenvalue weighted by molar-refractivity contribution is 0.0939. The number of halogens is 1. The quantitative estimate of drug-likeness (QED) is 0.921. The molecule has 2 rings (SSSR count). The summed E-state index contributed by atoms with van der Waals surface area (Å²) < 4.78 is 5.23. The smallest absolute Gasteiger partial charge is 0.253 e. The molecule has 2 aromatic rings. The molecule has 0 aliphatic rings. The first-order valence-electron chi connectivity index (χ1n) is 6.10. The van der Waals surface area contributed by atoms with E-state index in [0.29, 0.717) is 23.1 Å². The summed E-state index contributed by atoms with van der Waals surface area (Å²) in [5, 5.41) is 5.89. The number of carbonyl (C=O) groups is 1. The summed E-state index contributed by atoms with van der Waals surface area (Å²) >= 11 is 7.50. The van der Waals surface area contributed by atoms with Crippen molar-refractivity contribution in [2.24, 2.45) is 0 Å². The van der Waals surface area contributed by atoms with Crippen molar-refractivity contribution in [3.8, 4) is 5.88 Å². The minimum absolute atomic E-state index is 0.159. The number of pyridine rings is 1. The lowest BCUT2D eigenvalue weighted by Gasteiger charge is -2.12. The van der Waals surface area contributed by atoms with Gasteiger partial charge in [0.05, 0.1) is 18.2 Å². The number of hydrogen-bond donors (Lipinski definition) is 1. The van der Waals surface area contributed by atoms with E-state index in [1.807, 2.05) is 19.2 Å². The van der Waals surface area contributed by atoms with Crippen LogP contribution >= 0.6 is 22.9 Å². The van der Waals surface area contributed by atoms with Crippen LogP contribution in [0.2, 0.25) is 5.02 Å². The molecule has 1 atom stereocenters. The monoisotopic (exact) mass is 311 g/mol. The van der Waals surface area contributed by atoms with Gasteiger partial charge >= 0.3 is 0 Å². The lowest BCUT2D eigenvalue weighted by Crippen LogP contribution is -2.26. The molecular formula is C13H14ClN3O2S. The van der Waals surface area contributed by atoms with Crippen LogP contribution in [-0.2, 0) is 0 Å². The molecule has 106 valence electrons. The summed E-state index contributed by atoms with van der Waals surface area (Å²) in [6.07, 6.45) is 3.15. The highest BCUT2D eigenvalue weighted by atomic mass is 35.5. The zero-order valence-electron chi connectivity index (χ0n) is 11.1. The van der Waals surface area contributed by atoms with Gasteiger partial charge in [0.15, 0.2) is 0 Å². The van der Waals surface area contributed by atoms with Crippen molar-refractivity contribution in [2.75, 3.05) is 6.61 Å². The van der Waals surface area contributed by atoms with Gasteiger partial charge in [-0.1, -0.05) is 11.6 Å². The number of nitrogens with zero attached hydrogens (tertiary/aromatic N) is 2. The van der Waals surface area contributed by atoms with Crippen LogP contribution in [-0.4, -0.2) is 22.5 Å². The molecular weight excluding hydrogens is 298 g/mol. The molecule has 0 aliphatic heterocycles. The molecule has 0 bridgehead atoms. The van der Waals surface area contributed by atoms with Gasteiger partial charge in [-0.2, -0.15) is 0 Å². The highest BCUT2D eigenvalue weighted by Gasteiger charge is 2.15. The van der Waals surface area contributed by atoms with Crippen LogP contribution < -0.4 is 10.1 Å². The van der Waals surface area contributed by atoms with Crippen LogP contribution in [0, 0.1) is 0 Å². The third-order valence-corrected chi connectivity index (χ3v) is 3.75. The van der Waals surface area contributed by atoms with Crippen molar-refractivity contribution in [3.63, 3.8) is 0 Å². The molecule has 0 aromatic carbocycles. The van der Waals surface area contributed by atoms with E-state index in [-0.39, 0.29) is 11.9 Å². The van der Waals surface area contributed by atoms with Gasteiger partial charge in [-0.25, -0.2) is 9.97 Å². The lowest BCUT2D eigenvalue weighted by atomic mass is 10.2. The van der Waals surface area contributed by atoms with Gasteiger partial charge in [-0.3, -0.25) is 4.79 Å². The minimum Gasteiger partial charge on any atom is -0.477 e. The summed E-state index contributed by atoms with van der Waals surface area (Å²) in [5.41, 5.74) is 0.391. The standard InChI is InChI=1S/C13H14ClN3O2S/c1-3-19-12-10(14)6-9(7-16-12)11(18)17-8(2)13-15-4-5-20-13/h4-8H,3H2,1-2H3,(H,17,18)/t8-/m1/s1. The van der Waals surface area contributed by atoms with E-state index in [1.54, 1.807) is 12.3 Å². The van der Waals surface area contributed by atoms with E-state index >= 15 is 0 Å². The predicted molar refractivity (Wildman–Crippen MR) is 78.4 cm³/mol. The first kappa shape index (κ1) is 14.7. The Balaban J connectivity index is 2.07. The second kappa shape index (κ2) is 6.67. The van der Waals surface area contributed by atoms with Crippen LogP contribution in [0.25, 0.3) is 0 Å². The number of ether oxygens (including phenoxy) is 1. The normalized spacial score (nSPS) is 11.9. The van der Waals surface area contributed by atoms with Crippen molar-refractivity contribution in [1.29, 1.82) is 0 Å². The van der Waals surface area contributed by atoms with E-state index in [4.69, 9.17) is 16.3 Å². The van der Waals surface area contributed by atoms with Gasteiger partial charge < -0.3 is 10.1 Å². The predicted octanol–water partition coefficient (Wildman–Crippen LogP) is 3.08. The average Bonchev–Trinajstić information content (AvgIpc) is 2.95. The second-order valence-corrected chi connectivity index (χ2v) is 5.34. The van der Waals surface area contributed by atoms with Gasteiger partial charge in [-0.15, -0.1) is 11.3 Å². The Morgan fingerprint density at radius 1 is 1.55 bits per heavy atom. The number of carbonyl (C=O) groups excluding carboxylic acids is 1. The maximum absolute atomic E-state index is 12.1. The number of rotatable bonds is 5. The number of thiazole rings is 1. The molecule has 0 aliphatic carbocycles. The summed E-state index contributed by atoms with van der Waals surface area (Å²) in [4.78, 5) is 20.3. The molecule has 7 heteroatoms. The summed E-state index contributed by atoms with van der Waals surface area (Å²) in [7, 11) is 0. The summed E-state index contributed by atoms with van der Waals surface area (Å²) in [6, 6.07) is 1.39. The first-order valence-corrected chi connectivity index (χ1v) is 7.36. The zero-order chi connectivity index (χ0) is 14.5. The van der Waals surface area contributed by atoms with Crippen molar-refractivity contribution < 1.29 is 9.53 Å². The van der Waals surface area contributed by atoms with Crippen molar-refractivity contribution >= 4 is 28.8 Å². The van der Waals surface area contributed by atoms with Crippen molar-refractivity contribution in [1.82, 2.24) is 15.3 Å². The third kappa shape index (κ3) is 3.46. The molecule has 0 saturated heterocycles. The topological polar surface area (TPSA) is 64.1 Å². The van der Waals surface area contributed by atoms with E-state index in [1.165, 1.54) is 17.5 Å².